The average Bonchev–Trinajstić information content (AvgIpc) is 2.72. The fourth-order valence-corrected chi connectivity index (χ4v) is 2.86. The van der Waals surface area contributed by atoms with Crippen LogP contribution in [-0.4, -0.2) is 25.7 Å². The summed E-state index contributed by atoms with van der Waals surface area (Å²) in [7, 11) is 0. The number of ether oxygens (including phenoxy) is 3. The van der Waals surface area contributed by atoms with Gasteiger partial charge in [-0.15, -0.1) is 0 Å². The van der Waals surface area contributed by atoms with Gasteiger partial charge >= 0.3 is 0 Å². The van der Waals surface area contributed by atoms with Gasteiger partial charge < -0.3 is 19.5 Å². The zero-order valence-corrected chi connectivity index (χ0v) is 16.2. The Bertz CT molecular complexity index is 939. The van der Waals surface area contributed by atoms with Gasteiger partial charge in [-0.25, -0.2) is 0 Å². The summed E-state index contributed by atoms with van der Waals surface area (Å²) in [6.45, 7) is 5.34. The molecule has 0 saturated heterocycles. The molecule has 0 bridgehead atoms. The molecule has 5 nitrogen and oxygen atoms in total. The highest BCUT2D eigenvalue weighted by Gasteiger charge is 2.08. The maximum atomic E-state index is 12.1. The third-order valence-electron chi connectivity index (χ3n) is 4.19. The number of hydrogen-bond donors (Lipinski definition) is 1. The number of carbonyl (C=O) groups is 1. The van der Waals surface area contributed by atoms with Gasteiger partial charge in [0.05, 0.1) is 13.2 Å². The van der Waals surface area contributed by atoms with Crippen LogP contribution in [0.3, 0.4) is 0 Å². The van der Waals surface area contributed by atoms with Gasteiger partial charge in [-0.3, -0.25) is 4.79 Å². The molecule has 0 unspecified atom stereocenters. The largest absolute Gasteiger partial charge is 0.490 e. The molecular weight excluding hydrogens is 354 g/mol. The molecule has 28 heavy (non-hydrogen) atoms. The lowest BCUT2D eigenvalue weighted by Crippen LogP contribution is -2.28. The van der Waals surface area contributed by atoms with E-state index in [1.54, 1.807) is 0 Å². The SMILES string of the molecule is CCOc1ccc(CNC(=O)COc2ccc3ccccc3c2)cc1OCC. The van der Waals surface area contributed by atoms with Gasteiger partial charge in [0, 0.05) is 6.54 Å². The first-order valence-corrected chi connectivity index (χ1v) is 9.46. The fourth-order valence-electron chi connectivity index (χ4n) is 2.86. The van der Waals surface area contributed by atoms with Crippen molar-refractivity contribution in [2.75, 3.05) is 19.8 Å². The molecule has 0 atom stereocenters. The van der Waals surface area contributed by atoms with E-state index in [4.69, 9.17) is 14.2 Å². The Hall–Kier alpha value is -3.21. The van der Waals surface area contributed by atoms with Crippen molar-refractivity contribution in [3.8, 4) is 17.2 Å². The van der Waals surface area contributed by atoms with Crippen LogP contribution in [0, 0.1) is 0 Å². The molecule has 1 amide bonds. The normalized spacial score (nSPS) is 10.5. The highest BCUT2D eigenvalue weighted by Crippen LogP contribution is 2.28. The summed E-state index contributed by atoms with van der Waals surface area (Å²) in [4.78, 5) is 12.1. The highest BCUT2D eigenvalue weighted by atomic mass is 16.5. The lowest BCUT2D eigenvalue weighted by Gasteiger charge is -2.13. The third kappa shape index (κ3) is 5.16. The standard InChI is InChI=1S/C23H25NO4/c1-3-26-21-12-9-17(13-22(21)27-4-2)15-24-23(25)16-28-20-11-10-18-7-5-6-8-19(18)14-20/h5-14H,3-4,15-16H2,1-2H3,(H,24,25). The summed E-state index contributed by atoms with van der Waals surface area (Å²) >= 11 is 0. The van der Waals surface area contributed by atoms with Gasteiger partial charge in [0.15, 0.2) is 18.1 Å². The van der Waals surface area contributed by atoms with E-state index in [9.17, 15) is 4.79 Å². The van der Waals surface area contributed by atoms with Gasteiger partial charge in [0.1, 0.15) is 5.75 Å². The van der Waals surface area contributed by atoms with Crippen molar-refractivity contribution >= 4 is 16.7 Å². The van der Waals surface area contributed by atoms with Crippen molar-refractivity contribution in [3.05, 3.63) is 66.2 Å². The van der Waals surface area contributed by atoms with Crippen LogP contribution in [0.4, 0.5) is 0 Å². The van der Waals surface area contributed by atoms with Crippen LogP contribution in [0.15, 0.2) is 60.7 Å². The van der Waals surface area contributed by atoms with E-state index in [2.05, 4.69) is 5.32 Å². The van der Waals surface area contributed by atoms with E-state index in [0.717, 1.165) is 16.3 Å². The van der Waals surface area contributed by atoms with Crippen molar-refractivity contribution in [1.29, 1.82) is 0 Å². The van der Waals surface area contributed by atoms with Crippen LogP contribution in [0.25, 0.3) is 10.8 Å². The molecule has 3 rings (SSSR count). The van der Waals surface area contributed by atoms with Crippen molar-refractivity contribution in [3.63, 3.8) is 0 Å². The van der Waals surface area contributed by atoms with Gasteiger partial charge in [-0.2, -0.15) is 0 Å². The summed E-state index contributed by atoms with van der Waals surface area (Å²) in [5, 5.41) is 5.09. The summed E-state index contributed by atoms with van der Waals surface area (Å²) < 4.78 is 16.8. The number of hydrogen-bond acceptors (Lipinski definition) is 4. The van der Waals surface area contributed by atoms with Crippen LogP contribution in [0.5, 0.6) is 17.2 Å². The van der Waals surface area contributed by atoms with E-state index in [1.165, 1.54) is 0 Å². The average molecular weight is 379 g/mol. The van der Waals surface area contributed by atoms with Crippen LogP contribution in [-0.2, 0) is 11.3 Å². The Morgan fingerprint density at radius 2 is 1.57 bits per heavy atom. The summed E-state index contributed by atoms with van der Waals surface area (Å²) in [6.07, 6.45) is 0. The summed E-state index contributed by atoms with van der Waals surface area (Å²) in [5.74, 6) is 1.89. The Morgan fingerprint density at radius 1 is 0.821 bits per heavy atom. The third-order valence-corrected chi connectivity index (χ3v) is 4.19. The highest BCUT2D eigenvalue weighted by molar-refractivity contribution is 5.84. The molecule has 0 aliphatic rings. The Balaban J connectivity index is 1.54. The molecule has 0 aliphatic carbocycles. The number of fused-ring (bicyclic) bond motifs is 1. The minimum atomic E-state index is -0.181. The molecule has 0 saturated carbocycles. The molecule has 0 spiro atoms. The smallest absolute Gasteiger partial charge is 0.258 e. The van der Waals surface area contributed by atoms with Crippen LogP contribution in [0.1, 0.15) is 19.4 Å². The predicted molar refractivity (Wildman–Crippen MR) is 110 cm³/mol. The minimum absolute atomic E-state index is 0.0340. The van der Waals surface area contributed by atoms with E-state index in [0.29, 0.717) is 37.0 Å². The fraction of sp³-hybridized carbons (Fsp3) is 0.261. The number of carbonyl (C=O) groups excluding carboxylic acids is 1. The van der Waals surface area contributed by atoms with Crippen molar-refractivity contribution in [2.45, 2.75) is 20.4 Å². The van der Waals surface area contributed by atoms with Gasteiger partial charge in [-0.05, 0) is 54.4 Å². The Morgan fingerprint density at radius 3 is 2.36 bits per heavy atom. The van der Waals surface area contributed by atoms with E-state index in [1.807, 2.05) is 74.5 Å². The Kier molecular flexibility index (Phi) is 6.73. The molecule has 3 aromatic carbocycles. The molecule has 1 N–H and O–H groups in total. The summed E-state index contributed by atoms with van der Waals surface area (Å²) in [6, 6.07) is 19.5. The molecule has 0 aromatic heterocycles. The molecular formula is C23H25NO4. The second-order valence-electron chi connectivity index (χ2n) is 6.22. The second kappa shape index (κ2) is 9.65. The van der Waals surface area contributed by atoms with Crippen LogP contribution in [0.2, 0.25) is 0 Å². The zero-order chi connectivity index (χ0) is 19.8. The monoisotopic (exact) mass is 379 g/mol. The number of amides is 1. The first kappa shape index (κ1) is 19.5. The van der Waals surface area contributed by atoms with Gasteiger partial charge in [0.25, 0.3) is 5.91 Å². The molecule has 5 heteroatoms. The zero-order valence-electron chi connectivity index (χ0n) is 16.2. The molecule has 0 fully saturated rings. The molecule has 0 radical (unpaired) electrons. The molecule has 0 aliphatic heterocycles. The maximum Gasteiger partial charge on any atom is 0.258 e. The van der Waals surface area contributed by atoms with Gasteiger partial charge in [0.2, 0.25) is 0 Å². The lowest BCUT2D eigenvalue weighted by molar-refractivity contribution is -0.123. The van der Waals surface area contributed by atoms with E-state index in [-0.39, 0.29) is 12.5 Å². The maximum absolute atomic E-state index is 12.1. The van der Waals surface area contributed by atoms with Crippen molar-refractivity contribution < 1.29 is 19.0 Å². The number of benzene rings is 3. The van der Waals surface area contributed by atoms with Crippen molar-refractivity contribution in [2.24, 2.45) is 0 Å². The number of nitrogens with one attached hydrogen (secondary N) is 1. The van der Waals surface area contributed by atoms with Crippen molar-refractivity contribution in [1.82, 2.24) is 5.32 Å². The Labute approximate surface area is 165 Å². The molecule has 3 aromatic rings. The first-order chi connectivity index (χ1) is 13.7. The molecule has 0 heterocycles. The second-order valence-corrected chi connectivity index (χ2v) is 6.22. The van der Waals surface area contributed by atoms with Gasteiger partial charge in [-0.1, -0.05) is 36.4 Å². The topological polar surface area (TPSA) is 56.8 Å². The number of rotatable bonds is 9. The lowest BCUT2D eigenvalue weighted by atomic mass is 10.1. The first-order valence-electron chi connectivity index (χ1n) is 9.46. The molecule has 146 valence electrons. The van der Waals surface area contributed by atoms with E-state index >= 15 is 0 Å². The quantitative estimate of drug-likeness (QED) is 0.601. The van der Waals surface area contributed by atoms with Crippen LogP contribution >= 0.6 is 0 Å². The predicted octanol–water partition coefficient (Wildman–Crippen LogP) is 4.33. The van der Waals surface area contributed by atoms with E-state index < -0.39 is 0 Å². The summed E-state index contributed by atoms with van der Waals surface area (Å²) in [5.41, 5.74) is 0.936. The van der Waals surface area contributed by atoms with Crippen LogP contribution < -0.4 is 19.5 Å². The minimum Gasteiger partial charge on any atom is -0.490 e.